The monoisotopic (exact) mass is 511 g/mol. The quantitative estimate of drug-likeness (QED) is 0.479. The van der Waals surface area contributed by atoms with E-state index >= 15 is 0 Å². The lowest BCUT2D eigenvalue weighted by atomic mass is 10.0. The number of fused-ring (bicyclic) bond motifs is 3. The van der Waals surface area contributed by atoms with Crippen molar-refractivity contribution in [1.82, 2.24) is 34.6 Å². The third-order valence-corrected chi connectivity index (χ3v) is 7.41. The summed E-state index contributed by atoms with van der Waals surface area (Å²) in [6.45, 7) is 10.7. The van der Waals surface area contributed by atoms with Crippen LogP contribution in [0.3, 0.4) is 0 Å². The molecule has 3 aromatic rings. The van der Waals surface area contributed by atoms with E-state index in [0.717, 1.165) is 57.2 Å². The van der Waals surface area contributed by atoms with E-state index in [4.69, 9.17) is 4.74 Å². The lowest BCUT2D eigenvalue weighted by Crippen LogP contribution is -2.48. The maximum Gasteiger partial charge on any atom is 0.410 e. The second-order valence-corrected chi connectivity index (χ2v) is 11.2. The first-order valence-electron chi connectivity index (χ1n) is 13.2. The molecule has 0 radical (unpaired) electrons. The molecule has 11 nitrogen and oxygen atoms in total. The summed E-state index contributed by atoms with van der Waals surface area (Å²) in [5, 5.41) is 4.89. The van der Waals surface area contributed by atoms with Crippen LogP contribution in [-0.2, 0) is 4.74 Å². The van der Waals surface area contributed by atoms with Crippen molar-refractivity contribution in [3.8, 4) is 0 Å². The minimum atomic E-state index is -0.469. The highest BCUT2D eigenvalue weighted by Crippen LogP contribution is 2.27. The highest BCUT2D eigenvalue weighted by molar-refractivity contribution is 6.01. The molecule has 0 atom stereocenters. The van der Waals surface area contributed by atoms with Crippen LogP contribution in [-0.4, -0.2) is 86.3 Å². The molecular weight excluding hydrogens is 474 g/mol. The number of hydrogen-bond acceptors (Lipinski definition) is 7. The average molecular weight is 512 g/mol. The Labute approximate surface area is 215 Å². The smallest absolute Gasteiger partial charge is 0.410 e. The topological polar surface area (TPSA) is 128 Å². The molecule has 0 bridgehead atoms. The van der Waals surface area contributed by atoms with Gasteiger partial charge in [0.2, 0.25) is 0 Å². The van der Waals surface area contributed by atoms with Crippen LogP contribution < -0.4 is 16.6 Å². The maximum atomic E-state index is 12.9. The van der Waals surface area contributed by atoms with Crippen LogP contribution in [0.1, 0.15) is 52.5 Å². The van der Waals surface area contributed by atoms with Gasteiger partial charge in [0.1, 0.15) is 11.2 Å². The van der Waals surface area contributed by atoms with E-state index in [0.29, 0.717) is 35.7 Å². The fraction of sp³-hybridized carbons (Fsp3) is 0.615. The van der Waals surface area contributed by atoms with Crippen LogP contribution in [0.2, 0.25) is 0 Å². The standard InChI is InChI=1S/C26H37N7O4/c1-26(2,3)37-25(36)32-13-5-17(6-14-32)27-10-15-31-11-7-18(8-12-31)33-21-19-4-9-28-22(19)29-16-20(21)23(34)30-24(33)35/h4,9,16-18,27H,5-8,10-15H2,1-3H3,(H,28,29)(H,30,34,35). The fourth-order valence-electron chi connectivity index (χ4n) is 5.51. The summed E-state index contributed by atoms with van der Waals surface area (Å²) in [5.74, 6) is 0. The van der Waals surface area contributed by atoms with Crippen LogP contribution in [0, 0.1) is 0 Å². The van der Waals surface area contributed by atoms with Gasteiger partial charge in [0.05, 0.1) is 10.9 Å². The zero-order chi connectivity index (χ0) is 26.2. The number of nitrogens with one attached hydrogen (secondary N) is 3. The first-order valence-corrected chi connectivity index (χ1v) is 13.2. The molecular formula is C26H37N7O4. The van der Waals surface area contributed by atoms with Crippen molar-refractivity contribution in [2.24, 2.45) is 0 Å². The third kappa shape index (κ3) is 5.57. The number of piperidine rings is 2. The summed E-state index contributed by atoms with van der Waals surface area (Å²) in [6.07, 6.45) is 6.62. The number of rotatable bonds is 5. The van der Waals surface area contributed by atoms with Crippen LogP contribution >= 0.6 is 0 Å². The van der Waals surface area contributed by atoms with Crippen molar-refractivity contribution in [2.45, 2.75) is 64.1 Å². The van der Waals surface area contributed by atoms with E-state index in [2.05, 4.69) is 25.2 Å². The molecule has 2 aliphatic rings. The van der Waals surface area contributed by atoms with E-state index in [1.54, 1.807) is 21.9 Å². The van der Waals surface area contributed by atoms with Gasteiger partial charge in [0.15, 0.2) is 0 Å². The number of nitrogens with zero attached hydrogens (tertiary/aromatic N) is 4. The van der Waals surface area contributed by atoms with Gasteiger partial charge in [0, 0.05) is 69.1 Å². The normalized spacial score (nSPS) is 18.6. The molecule has 200 valence electrons. The molecule has 1 amide bonds. The Morgan fingerprint density at radius 2 is 1.84 bits per heavy atom. The lowest BCUT2D eigenvalue weighted by Gasteiger charge is -2.35. The molecule has 2 saturated heterocycles. The Balaban J connectivity index is 1.13. The Morgan fingerprint density at radius 3 is 2.54 bits per heavy atom. The minimum absolute atomic E-state index is 0.0220. The van der Waals surface area contributed by atoms with Gasteiger partial charge in [-0.3, -0.25) is 14.3 Å². The summed E-state index contributed by atoms with van der Waals surface area (Å²) in [4.78, 5) is 51.7. The van der Waals surface area contributed by atoms with Crippen LogP contribution in [0.15, 0.2) is 28.0 Å². The second-order valence-electron chi connectivity index (χ2n) is 11.2. The van der Waals surface area contributed by atoms with Gasteiger partial charge in [-0.05, 0) is 52.5 Å². The number of amides is 1. The molecule has 2 fully saturated rings. The number of pyridine rings is 1. The van der Waals surface area contributed by atoms with Gasteiger partial charge in [-0.15, -0.1) is 0 Å². The zero-order valence-electron chi connectivity index (χ0n) is 21.9. The van der Waals surface area contributed by atoms with Crippen molar-refractivity contribution in [1.29, 1.82) is 0 Å². The van der Waals surface area contributed by atoms with Crippen LogP contribution in [0.5, 0.6) is 0 Å². The van der Waals surface area contributed by atoms with Gasteiger partial charge in [0.25, 0.3) is 5.56 Å². The largest absolute Gasteiger partial charge is 0.444 e. The molecule has 0 aliphatic carbocycles. The predicted molar refractivity (Wildman–Crippen MR) is 142 cm³/mol. The van der Waals surface area contributed by atoms with Crippen LogP contribution in [0.4, 0.5) is 4.79 Å². The molecule has 11 heteroatoms. The SMILES string of the molecule is CC(C)(C)OC(=O)N1CCC(NCCN2CCC(n3c(=O)[nH]c(=O)c4cnc5[nH]ccc5c43)CC2)CC1. The summed E-state index contributed by atoms with van der Waals surface area (Å²) in [7, 11) is 0. The zero-order valence-corrected chi connectivity index (χ0v) is 21.9. The third-order valence-electron chi connectivity index (χ3n) is 7.41. The summed E-state index contributed by atoms with van der Waals surface area (Å²) < 4.78 is 7.25. The highest BCUT2D eigenvalue weighted by Gasteiger charge is 2.28. The Hall–Kier alpha value is -3.18. The van der Waals surface area contributed by atoms with Crippen LogP contribution in [0.25, 0.3) is 21.9 Å². The molecule has 2 aliphatic heterocycles. The van der Waals surface area contributed by atoms with Crippen molar-refractivity contribution >= 4 is 28.0 Å². The first kappa shape index (κ1) is 25.5. The molecule has 5 rings (SSSR count). The van der Waals surface area contributed by atoms with E-state index in [1.807, 2.05) is 26.8 Å². The molecule has 5 heterocycles. The Morgan fingerprint density at radius 1 is 1.11 bits per heavy atom. The highest BCUT2D eigenvalue weighted by atomic mass is 16.6. The Kier molecular flexibility index (Phi) is 7.09. The van der Waals surface area contributed by atoms with Gasteiger partial charge < -0.3 is 24.8 Å². The van der Waals surface area contributed by atoms with Gasteiger partial charge in [-0.2, -0.15) is 0 Å². The molecule has 3 aromatic heterocycles. The van der Waals surface area contributed by atoms with Gasteiger partial charge >= 0.3 is 11.8 Å². The summed E-state index contributed by atoms with van der Waals surface area (Å²) in [6, 6.07) is 2.30. The second kappa shape index (κ2) is 10.3. The van der Waals surface area contributed by atoms with Crippen molar-refractivity contribution in [3.63, 3.8) is 0 Å². The van der Waals surface area contributed by atoms with Gasteiger partial charge in [-0.25, -0.2) is 14.6 Å². The maximum absolute atomic E-state index is 12.9. The summed E-state index contributed by atoms with van der Waals surface area (Å²) in [5.41, 5.74) is 0.116. The van der Waals surface area contributed by atoms with Gasteiger partial charge in [-0.1, -0.05) is 0 Å². The van der Waals surface area contributed by atoms with Crippen molar-refractivity contribution in [2.75, 3.05) is 39.3 Å². The Bertz CT molecular complexity index is 1370. The van der Waals surface area contributed by atoms with E-state index in [-0.39, 0.29) is 17.8 Å². The van der Waals surface area contributed by atoms with Crippen molar-refractivity contribution < 1.29 is 9.53 Å². The fourth-order valence-corrected chi connectivity index (χ4v) is 5.51. The predicted octanol–water partition coefficient (Wildman–Crippen LogP) is 2.19. The number of ether oxygens (including phenoxy) is 1. The number of aromatic nitrogens is 4. The number of hydrogen-bond donors (Lipinski definition) is 3. The number of H-pyrrole nitrogens is 2. The van der Waals surface area contributed by atoms with E-state index < -0.39 is 11.2 Å². The van der Waals surface area contributed by atoms with Crippen molar-refractivity contribution in [3.05, 3.63) is 39.3 Å². The molecule has 3 N–H and O–H groups in total. The molecule has 0 saturated carbocycles. The average Bonchev–Trinajstić information content (AvgIpc) is 3.34. The van der Waals surface area contributed by atoms with E-state index in [9.17, 15) is 14.4 Å². The van der Waals surface area contributed by atoms with E-state index in [1.165, 1.54) is 0 Å². The number of likely N-dealkylation sites (tertiary alicyclic amines) is 2. The number of aromatic amines is 2. The number of carbonyl (C=O) groups is 1. The number of carbonyl (C=O) groups excluding carboxylic acids is 1. The lowest BCUT2D eigenvalue weighted by molar-refractivity contribution is 0.0198. The molecule has 0 aromatic carbocycles. The molecule has 0 spiro atoms. The minimum Gasteiger partial charge on any atom is -0.444 e. The first-order chi connectivity index (χ1) is 17.7. The summed E-state index contributed by atoms with van der Waals surface area (Å²) >= 11 is 0. The molecule has 37 heavy (non-hydrogen) atoms. The molecule has 0 unspecified atom stereocenters.